The average Bonchev–Trinajstić information content (AvgIpc) is 2.82. The van der Waals surface area contributed by atoms with Gasteiger partial charge >= 0.3 is 0 Å². The molecule has 0 fully saturated rings. The zero-order chi connectivity index (χ0) is 17.4. The highest BCUT2D eigenvalue weighted by molar-refractivity contribution is 6.09. The Kier molecular flexibility index (Phi) is 3.76. The van der Waals surface area contributed by atoms with Crippen LogP contribution in [0.1, 0.15) is 26.3 Å². The van der Waals surface area contributed by atoms with Crippen molar-refractivity contribution in [1.29, 1.82) is 0 Å². The lowest BCUT2D eigenvalue weighted by Crippen LogP contribution is -2.38. The average molecular weight is 339 g/mol. The number of rotatable bonds is 1. The number of fused-ring (bicyclic) bond motifs is 2. The summed E-state index contributed by atoms with van der Waals surface area (Å²) in [5, 5.41) is 2.75. The molecule has 7 heteroatoms. The van der Waals surface area contributed by atoms with Crippen LogP contribution in [0.2, 0.25) is 0 Å². The van der Waals surface area contributed by atoms with Gasteiger partial charge in [-0.1, -0.05) is 0 Å². The first kappa shape index (κ1) is 15.4. The predicted molar refractivity (Wildman–Crippen MR) is 90.4 cm³/mol. The molecule has 7 nitrogen and oxygen atoms in total. The fraction of sp³-hybridized carbons (Fsp3) is 0.278. The second-order valence-electron chi connectivity index (χ2n) is 5.96. The Morgan fingerprint density at radius 3 is 3.00 bits per heavy atom. The fourth-order valence-electron chi connectivity index (χ4n) is 2.95. The van der Waals surface area contributed by atoms with Crippen molar-refractivity contribution in [3.63, 3.8) is 0 Å². The molecule has 4 rings (SSSR count). The maximum absolute atomic E-state index is 13.0. The maximum atomic E-state index is 13.0. The zero-order valence-corrected chi connectivity index (χ0v) is 13.7. The molecule has 2 aliphatic heterocycles. The van der Waals surface area contributed by atoms with Gasteiger partial charge in [0.25, 0.3) is 11.8 Å². The molecule has 0 aliphatic carbocycles. The van der Waals surface area contributed by atoms with Crippen molar-refractivity contribution in [2.75, 3.05) is 31.2 Å². The molecule has 1 N–H and O–H groups in total. The van der Waals surface area contributed by atoms with E-state index in [2.05, 4.69) is 10.3 Å². The first-order valence-corrected chi connectivity index (χ1v) is 8.10. The van der Waals surface area contributed by atoms with E-state index in [0.29, 0.717) is 54.7 Å². The van der Waals surface area contributed by atoms with E-state index in [1.54, 1.807) is 29.3 Å². The lowest BCUT2D eigenvalue weighted by atomic mass is 10.1. The quantitative estimate of drug-likeness (QED) is 0.853. The first-order chi connectivity index (χ1) is 12.1. The van der Waals surface area contributed by atoms with Gasteiger partial charge in [0.1, 0.15) is 24.7 Å². The van der Waals surface area contributed by atoms with Gasteiger partial charge in [0.15, 0.2) is 0 Å². The monoisotopic (exact) mass is 339 g/mol. The second kappa shape index (κ2) is 6.08. The third-order valence-corrected chi connectivity index (χ3v) is 4.17. The Hall–Kier alpha value is -3.09. The number of ether oxygens (including phenoxy) is 2. The molecule has 128 valence electrons. The molecule has 2 amide bonds. The molecule has 0 spiro atoms. The third kappa shape index (κ3) is 2.77. The van der Waals surface area contributed by atoms with Gasteiger partial charge in [-0.3, -0.25) is 9.59 Å². The van der Waals surface area contributed by atoms with Crippen molar-refractivity contribution in [3.05, 3.63) is 47.2 Å². The minimum Gasteiger partial charge on any atom is -0.491 e. The van der Waals surface area contributed by atoms with Crippen LogP contribution >= 0.6 is 0 Å². The molecule has 25 heavy (non-hydrogen) atoms. The number of amides is 2. The summed E-state index contributed by atoms with van der Waals surface area (Å²) in [4.78, 5) is 31.1. The number of aromatic nitrogens is 1. The standard InChI is InChI=1S/C18H17N3O4/c1-11-8-14-17(20-10-11)25-7-5-21(14)18(23)12-2-3-15-13(9-12)16(22)19-4-6-24-15/h2-3,8-10H,4-7H2,1H3,(H,19,22). The highest BCUT2D eigenvalue weighted by atomic mass is 16.5. The smallest absolute Gasteiger partial charge is 0.258 e. The minimum atomic E-state index is -0.234. The molecule has 1 aromatic heterocycles. The number of hydrogen-bond acceptors (Lipinski definition) is 5. The summed E-state index contributed by atoms with van der Waals surface area (Å²) in [6.07, 6.45) is 1.71. The van der Waals surface area contributed by atoms with Gasteiger partial charge in [-0.25, -0.2) is 4.98 Å². The van der Waals surface area contributed by atoms with Crippen LogP contribution < -0.4 is 19.7 Å². The van der Waals surface area contributed by atoms with E-state index in [-0.39, 0.29) is 11.8 Å². The third-order valence-electron chi connectivity index (χ3n) is 4.17. The lowest BCUT2D eigenvalue weighted by molar-refractivity contribution is 0.0957. The number of anilines is 1. The van der Waals surface area contributed by atoms with Gasteiger partial charge in [-0.15, -0.1) is 0 Å². The fourth-order valence-corrected chi connectivity index (χ4v) is 2.95. The Bertz CT molecular complexity index is 865. The molecular weight excluding hydrogens is 322 g/mol. The van der Waals surface area contributed by atoms with E-state index in [1.165, 1.54) is 0 Å². The summed E-state index contributed by atoms with van der Waals surface area (Å²) in [7, 11) is 0. The number of benzene rings is 1. The molecule has 3 heterocycles. The van der Waals surface area contributed by atoms with E-state index >= 15 is 0 Å². The van der Waals surface area contributed by atoms with Crippen molar-refractivity contribution >= 4 is 17.5 Å². The molecule has 0 saturated carbocycles. The van der Waals surface area contributed by atoms with E-state index in [4.69, 9.17) is 9.47 Å². The Labute approximate surface area is 144 Å². The van der Waals surface area contributed by atoms with Crippen LogP contribution in [0.3, 0.4) is 0 Å². The Balaban J connectivity index is 1.71. The van der Waals surface area contributed by atoms with E-state index in [0.717, 1.165) is 5.56 Å². The largest absolute Gasteiger partial charge is 0.491 e. The van der Waals surface area contributed by atoms with Crippen molar-refractivity contribution in [3.8, 4) is 11.6 Å². The van der Waals surface area contributed by atoms with Crippen molar-refractivity contribution in [2.24, 2.45) is 0 Å². The minimum absolute atomic E-state index is 0.197. The predicted octanol–water partition coefficient (Wildman–Crippen LogP) is 1.55. The lowest BCUT2D eigenvalue weighted by Gasteiger charge is -2.29. The van der Waals surface area contributed by atoms with Gasteiger partial charge in [-0.05, 0) is 36.8 Å². The van der Waals surface area contributed by atoms with Crippen LogP contribution in [-0.4, -0.2) is 43.1 Å². The summed E-state index contributed by atoms with van der Waals surface area (Å²) < 4.78 is 11.1. The molecule has 0 saturated heterocycles. The molecule has 0 radical (unpaired) electrons. The number of carbonyl (C=O) groups is 2. The van der Waals surface area contributed by atoms with Crippen LogP contribution in [0.15, 0.2) is 30.5 Å². The normalized spacial score (nSPS) is 15.9. The number of pyridine rings is 1. The molecule has 1 aromatic carbocycles. The van der Waals surface area contributed by atoms with Crippen LogP contribution in [0.25, 0.3) is 0 Å². The summed E-state index contributed by atoms with van der Waals surface area (Å²) in [5.74, 6) is 0.506. The van der Waals surface area contributed by atoms with E-state index in [9.17, 15) is 9.59 Å². The Morgan fingerprint density at radius 2 is 2.12 bits per heavy atom. The summed E-state index contributed by atoms with van der Waals surface area (Å²) in [6, 6.07) is 6.80. The topological polar surface area (TPSA) is 80.8 Å². The SMILES string of the molecule is Cc1cnc2c(c1)N(C(=O)c1ccc3c(c1)C(=O)NCCO3)CCO2. The molecule has 0 bridgehead atoms. The van der Waals surface area contributed by atoms with Gasteiger partial charge in [-0.2, -0.15) is 0 Å². The van der Waals surface area contributed by atoms with Crippen LogP contribution in [-0.2, 0) is 0 Å². The Morgan fingerprint density at radius 1 is 1.24 bits per heavy atom. The summed E-state index contributed by atoms with van der Waals surface area (Å²) in [5.41, 5.74) is 2.39. The number of aryl methyl sites for hydroxylation is 1. The van der Waals surface area contributed by atoms with E-state index in [1.807, 2.05) is 13.0 Å². The molecular formula is C18H17N3O4. The van der Waals surface area contributed by atoms with Gasteiger partial charge in [0.05, 0.1) is 18.7 Å². The van der Waals surface area contributed by atoms with Gasteiger partial charge in [0.2, 0.25) is 5.88 Å². The number of hydrogen-bond donors (Lipinski definition) is 1. The van der Waals surface area contributed by atoms with E-state index < -0.39 is 0 Å². The highest BCUT2D eigenvalue weighted by Gasteiger charge is 2.27. The van der Waals surface area contributed by atoms with Crippen LogP contribution in [0, 0.1) is 6.92 Å². The summed E-state index contributed by atoms with van der Waals surface area (Å²) in [6.45, 7) is 3.57. The molecule has 0 unspecified atom stereocenters. The molecule has 2 aliphatic rings. The number of nitrogens with zero attached hydrogens (tertiary/aromatic N) is 2. The highest BCUT2D eigenvalue weighted by Crippen LogP contribution is 2.32. The number of nitrogens with one attached hydrogen (secondary N) is 1. The number of carbonyl (C=O) groups excluding carboxylic acids is 2. The van der Waals surface area contributed by atoms with Crippen molar-refractivity contribution < 1.29 is 19.1 Å². The second-order valence-corrected chi connectivity index (χ2v) is 5.96. The van der Waals surface area contributed by atoms with Crippen LogP contribution in [0.5, 0.6) is 11.6 Å². The molecule has 0 atom stereocenters. The van der Waals surface area contributed by atoms with Gasteiger partial charge < -0.3 is 19.7 Å². The first-order valence-electron chi connectivity index (χ1n) is 8.10. The molecule has 2 aromatic rings. The van der Waals surface area contributed by atoms with Crippen LogP contribution in [0.4, 0.5) is 5.69 Å². The van der Waals surface area contributed by atoms with Crippen molar-refractivity contribution in [1.82, 2.24) is 10.3 Å². The zero-order valence-electron chi connectivity index (χ0n) is 13.7. The summed E-state index contributed by atoms with van der Waals surface area (Å²) >= 11 is 0. The van der Waals surface area contributed by atoms with Crippen molar-refractivity contribution in [2.45, 2.75) is 6.92 Å². The maximum Gasteiger partial charge on any atom is 0.258 e. The van der Waals surface area contributed by atoms with Gasteiger partial charge in [0, 0.05) is 11.8 Å².